The molecule has 0 atom stereocenters. The van der Waals surface area contributed by atoms with Crippen LogP contribution in [0.5, 0.6) is 11.5 Å². The third-order valence-electron chi connectivity index (χ3n) is 3.59. The van der Waals surface area contributed by atoms with Gasteiger partial charge in [-0.1, -0.05) is 24.3 Å². The second kappa shape index (κ2) is 5.41. The predicted molar refractivity (Wildman–Crippen MR) is 84.6 cm³/mol. The van der Waals surface area contributed by atoms with Crippen LogP contribution >= 0.6 is 0 Å². The summed E-state index contributed by atoms with van der Waals surface area (Å²) in [5, 5.41) is 20.4. The molecular formula is C18H14O4. The average Bonchev–Trinajstić information content (AvgIpc) is 2.53. The number of carboxylic acid groups (broad SMARTS) is 1. The summed E-state index contributed by atoms with van der Waals surface area (Å²) in [6, 6.07) is 16.3. The smallest absolute Gasteiger partial charge is 0.339 e. The Hall–Kier alpha value is -3.01. The van der Waals surface area contributed by atoms with Gasteiger partial charge in [-0.25, -0.2) is 4.79 Å². The minimum Gasteiger partial charge on any atom is -0.507 e. The van der Waals surface area contributed by atoms with Crippen LogP contribution in [0.4, 0.5) is 0 Å². The van der Waals surface area contributed by atoms with Crippen molar-refractivity contribution in [3.05, 3.63) is 60.2 Å². The highest BCUT2D eigenvalue weighted by Crippen LogP contribution is 2.30. The van der Waals surface area contributed by atoms with Gasteiger partial charge in [0.05, 0.1) is 7.11 Å². The number of methoxy groups -OCH3 is 1. The van der Waals surface area contributed by atoms with Crippen molar-refractivity contribution in [2.75, 3.05) is 7.11 Å². The monoisotopic (exact) mass is 294 g/mol. The highest BCUT2D eigenvalue weighted by atomic mass is 16.5. The minimum atomic E-state index is -1.15. The van der Waals surface area contributed by atoms with Crippen molar-refractivity contribution in [2.24, 2.45) is 0 Å². The first-order valence-electron chi connectivity index (χ1n) is 6.73. The van der Waals surface area contributed by atoms with Crippen molar-refractivity contribution < 1.29 is 19.7 Å². The van der Waals surface area contributed by atoms with E-state index in [1.54, 1.807) is 7.11 Å². The van der Waals surface area contributed by atoms with Gasteiger partial charge in [-0.2, -0.15) is 0 Å². The molecule has 110 valence electrons. The van der Waals surface area contributed by atoms with E-state index >= 15 is 0 Å². The number of aromatic carboxylic acids is 1. The summed E-state index contributed by atoms with van der Waals surface area (Å²) in [5.74, 6) is -0.616. The van der Waals surface area contributed by atoms with E-state index in [2.05, 4.69) is 0 Å². The lowest BCUT2D eigenvalue weighted by atomic mass is 9.99. The fourth-order valence-corrected chi connectivity index (χ4v) is 2.44. The highest BCUT2D eigenvalue weighted by Gasteiger charge is 2.11. The SMILES string of the molecule is COc1cccc(-c2ccc3cc(O)c(C(=O)O)cc3c2)c1. The Morgan fingerprint density at radius 2 is 1.73 bits per heavy atom. The Bertz CT molecular complexity index is 868. The molecule has 22 heavy (non-hydrogen) atoms. The van der Waals surface area contributed by atoms with Gasteiger partial charge >= 0.3 is 5.97 Å². The summed E-state index contributed by atoms with van der Waals surface area (Å²) in [6.45, 7) is 0. The van der Waals surface area contributed by atoms with Gasteiger partial charge in [0.15, 0.2) is 0 Å². The zero-order valence-corrected chi connectivity index (χ0v) is 11.9. The molecule has 0 fully saturated rings. The van der Waals surface area contributed by atoms with Gasteiger partial charge in [-0.15, -0.1) is 0 Å². The van der Waals surface area contributed by atoms with Crippen LogP contribution in [0, 0.1) is 0 Å². The molecule has 0 saturated heterocycles. The van der Waals surface area contributed by atoms with E-state index in [0.717, 1.165) is 27.6 Å². The van der Waals surface area contributed by atoms with E-state index in [4.69, 9.17) is 9.84 Å². The summed E-state index contributed by atoms with van der Waals surface area (Å²) in [6.07, 6.45) is 0. The molecule has 0 aliphatic carbocycles. The molecule has 0 amide bonds. The molecule has 0 spiro atoms. The molecule has 0 aliphatic heterocycles. The van der Waals surface area contributed by atoms with Gasteiger partial charge < -0.3 is 14.9 Å². The number of ether oxygens (including phenoxy) is 1. The van der Waals surface area contributed by atoms with Gasteiger partial charge in [0.1, 0.15) is 17.1 Å². The molecule has 0 aromatic heterocycles. The van der Waals surface area contributed by atoms with E-state index in [1.165, 1.54) is 12.1 Å². The van der Waals surface area contributed by atoms with Crippen LogP contribution in [0.15, 0.2) is 54.6 Å². The third kappa shape index (κ3) is 2.46. The minimum absolute atomic E-state index is 0.102. The van der Waals surface area contributed by atoms with Crippen molar-refractivity contribution in [2.45, 2.75) is 0 Å². The Labute approximate surface area is 127 Å². The van der Waals surface area contributed by atoms with Gasteiger partial charge in [0, 0.05) is 0 Å². The maximum Gasteiger partial charge on any atom is 0.339 e. The lowest BCUT2D eigenvalue weighted by molar-refractivity contribution is 0.0694. The molecule has 0 unspecified atom stereocenters. The Morgan fingerprint density at radius 1 is 0.955 bits per heavy atom. The van der Waals surface area contributed by atoms with E-state index < -0.39 is 5.97 Å². The van der Waals surface area contributed by atoms with Gasteiger partial charge in [0.2, 0.25) is 0 Å². The number of aromatic hydroxyl groups is 1. The second-order valence-electron chi connectivity index (χ2n) is 4.97. The predicted octanol–water partition coefficient (Wildman–Crippen LogP) is 3.92. The fourth-order valence-electron chi connectivity index (χ4n) is 2.44. The second-order valence-corrected chi connectivity index (χ2v) is 4.97. The maximum absolute atomic E-state index is 11.1. The topological polar surface area (TPSA) is 66.8 Å². The molecule has 0 saturated carbocycles. The Kier molecular flexibility index (Phi) is 3.43. The Morgan fingerprint density at radius 3 is 2.45 bits per heavy atom. The van der Waals surface area contributed by atoms with Gasteiger partial charge in [-0.3, -0.25) is 0 Å². The lowest BCUT2D eigenvalue weighted by Crippen LogP contribution is -1.96. The van der Waals surface area contributed by atoms with Crippen LogP contribution in [0.3, 0.4) is 0 Å². The molecule has 3 aromatic rings. The average molecular weight is 294 g/mol. The zero-order valence-electron chi connectivity index (χ0n) is 11.9. The van der Waals surface area contributed by atoms with Crippen LogP contribution in [-0.4, -0.2) is 23.3 Å². The number of rotatable bonds is 3. The molecule has 2 N–H and O–H groups in total. The number of hydrogen-bond acceptors (Lipinski definition) is 3. The van der Waals surface area contributed by atoms with Crippen LogP contribution in [-0.2, 0) is 0 Å². The number of fused-ring (bicyclic) bond motifs is 1. The van der Waals surface area contributed by atoms with Crippen LogP contribution in [0.25, 0.3) is 21.9 Å². The van der Waals surface area contributed by atoms with E-state index in [-0.39, 0.29) is 11.3 Å². The summed E-state index contributed by atoms with van der Waals surface area (Å²) in [5.41, 5.74) is 1.83. The number of carbonyl (C=O) groups is 1. The fraction of sp³-hybridized carbons (Fsp3) is 0.0556. The lowest BCUT2D eigenvalue weighted by Gasteiger charge is -2.08. The van der Waals surface area contributed by atoms with Crippen LogP contribution in [0.1, 0.15) is 10.4 Å². The first-order valence-corrected chi connectivity index (χ1v) is 6.73. The normalized spacial score (nSPS) is 10.6. The van der Waals surface area contributed by atoms with Crippen molar-refractivity contribution >= 4 is 16.7 Å². The number of hydrogen-bond donors (Lipinski definition) is 2. The third-order valence-corrected chi connectivity index (χ3v) is 3.59. The molecule has 0 aliphatic rings. The summed E-state index contributed by atoms with van der Waals surface area (Å²) < 4.78 is 5.22. The van der Waals surface area contributed by atoms with Crippen molar-refractivity contribution in [1.29, 1.82) is 0 Å². The van der Waals surface area contributed by atoms with Crippen LogP contribution in [0.2, 0.25) is 0 Å². The zero-order chi connectivity index (χ0) is 15.7. The largest absolute Gasteiger partial charge is 0.507 e. The molecule has 3 aromatic carbocycles. The first-order chi connectivity index (χ1) is 10.6. The molecule has 4 nitrogen and oxygen atoms in total. The Balaban J connectivity index is 2.16. The van der Waals surface area contributed by atoms with Crippen LogP contribution < -0.4 is 4.74 Å². The number of phenols is 1. The molecule has 0 heterocycles. The standard InChI is InChI=1S/C18H14O4/c1-22-15-4-2-3-11(8-15)12-5-6-13-10-17(19)16(18(20)21)9-14(13)7-12/h2-10,19H,1H3,(H,20,21). The first kappa shape index (κ1) is 13.9. The number of benzene rings is 3. The molecule has 3 rings (SSSR count). The molecule has 4 heteroatoms. The summed E-state index contributed by atoms with van der Waals surface area (Å²) in [4.78, 5) is 11.1. The van der Waals surface area contributed by atoms with E-state index in [0.29, 0.717) is 0 Å². The van der Waals surface area contributed by atoms with E-state index in [9.17, 15) is 9.90 Å². The van der Waals surface area contributed by atoms with Crippen molar-refractivity contribution in [3.63, 3.8) is 0 Å². The molecule has 0 radical (unpaired) electrons. The number of carboxylic acids is 1. The van der Waals surface area contributed by atoms with Crippen molar-refractivity contribution in [3.8, 4) is 22.6 Å². The molecule has 0 bridgehead atoms. The highest BCUT2D eigenvalue weighted by molar-refractivity contribution is 5.98. The van der Waals surface area contributed by atoms with Crippen molar-refractivity contribution in [1.82, 2.24) is 0 Å². The maximum atomic E-state index is 11.1. The van der Waals surface area contributed by atoms with Gasteiger partial charge in [-0.05, 0) is 52.2 Å². The summed E-state index contributed by atoms with van der Waals surface area (Å²) in [7, 11) is 1.61. The van der Waals surface area contributed by atoms with Gasteiger partial charge in [0.25, 0.3) is 0 Å². The quantitative estimate of drug-likeness (QED) is 0.768. The molecular weight excluding hydrogens is 280 g/mol. The summed E-state index contributed by atoms with van der Waals surface area (Å²) >= 11 is 0. The van der Waals surface area contributed by atoms with E-state index in [1.807, 2.05) is 42.5 Å².